The Hall–Kier alpha value is -2.89. The number of halogens is 1. The standard InChI is InChI=1S/C19H20FN3O2/c1-22-10-8-13-2-3-14(12-17(13)22)19(25)23(11-9-18(21)24)16-6-4-15(20)5-7-16/h2-7,12H,8-11H2,1H3,(H2,21,24). The number of hydrogen-bond acceptors (Lipinski definition) is 3. The molecule has 0 saturated carbocycles. The van der Waals surface area contributed by atoms with Crippen molar-refractivity contribution in [1.29, 1.82) is 0 Å². The maximum atomic E-state index is 13.2. The second-order valence-electron chi connectivity index (χ2n) is 6.16. The van der Waals surface area contributed by atoms with Crippen molar-refractivity contribution in [2.45, 2.75) is 12.8 Å². The van der Waals surface area contributed by atoms with Gasteiger partial charge in [0.2, 0.25) is 5.91 Å². The highest BCUT2D eigenvalue weighted by atomic mass is 19.1. The molecule has 25 heavy (non-hydrogen) atoms. The molecule has 3 rings (SSSR count). The quantitative estimate of drug-likeness (QED) is 0.908. The van der Waals surface area contributed by atoms with Crippen molar-refractivity contribution in [3.8, 4) is 0 Å². The van der Waals surface area contributed by atoms with Crippen LogP contribution in [0.4, 0.5) is 15.8 Å². The average molecular weight is 341 g/mol. The number of benzene rings is 2. The summed E-state index contributed by atoms with van der Waals surface area (Å²) in [7, 11) is 1.99. The summed E-state index contributed by atoms with van der Waals surface area (Å²) in [5, 5.41) is 0. The zero-order valence-electron chi connectivity index (χ0n) is 14.0. The Morgan fingerprint density at radius 1 is 1.20 bits per heavy atom. The van der Waals surface area contributed by atoms with E-state index in [9.17, 15) is 14.0 Å². The fraction of sp³-hybridized carbons (Fsp3) is 0.263. The molecule has 2 amide bonds. The van der Waals surface area contributed by atoms with Crippen LogP contribution in [0, 0.1) is 5.82 Å². The highest BCUT2D eigenvalue weighted by molar-refractivity contribution is 6.07. The van der Waals surface area contributed by atoms with Gasteiger partial charge in [-0.1, -0.05) is 6.07 Å². The van der Waals surface area contributed by atoms with Crippen LogP contribution in [0.1, 0.15) is 22.3 Å². The Bertz CT molecular complexity index is 805. The first-order chi connectivity index (χ1) is 12.0. The number of primary amides is 1. The van der Waals surface area contributed by atoms with Crippen LogP contribution < -0.4 is 15.5 Å². The van der Waals surface area contributed by atoms with Gasteiger partial charge in [0.15, 0.2) is 0 Å². The third-order valence-corrected chi connectivity index (χ3v) is 4.43. The number of hydrogen-bond donors (Lipinski definition) is 1. The molecule has 0 unspecified atom stereocenters. The lowest BCUT2D eigenvalue weighted by Crippen LogP contribution is -2.34. The molecule has 1 heterocycles. The Kier molecular flexibility index (Phi) is 4.70. The molecule has 0 atom stereocenters. The molecule has 130 valence electrons. The number of amides is 2. The molecule has 0 fully saturated rings. The fourth-order valence-electron chi connectivity index (χ4n) is 3.02. The summed E-state index contributed by atoms with van der Waals surface area (Å²) in [4.78, 5) is 27.7. The van der Waals surface area contributed by atoms with E-state index in [-0.39, 0.29) is 24.7 Å². The minimum Gasteiger partial charge on any atom is -0.374 e. The summed E-state index contributed by atoms with van der Waals surface area (Å²) in [5.74, 6) is -1.12. The maximum Gasteiger partial charge on any atom is 0.258 e. The molecule has 2 N–H and O–H groups in total. The molecule has 5 nitrogen and oxygen atoms in total. The normalized spacial score (nSPS) is 12.8. The number of carbonyl (C=O) groups is 2. The zero-order valence-corrected chi connectivity index (χ0v) is 14.0. The van der Waals surface area contributed by atoms with Gasteiger partial charge in [-0.25, -0.2) is 4.39 Å². The van der Waals surface area contributed by atoms with Gasteiger partial charge in [-0.15, -0.1) is 0 Å². The Morgan fingerprint density at radius 3 is 2.60 bits per heavy atom. The summed E-state index contributed by atoms with van der Waals surface area (Å²) >= 11 is 0. The molecular weight excluding hydrogens is 321 g/mol. The number of rotatable bonds is 5. The van der Waals surface area contributed by atoms with E-state index in [1.54, 1.807) is 6.07 Å². The van der Waals surface area contributed by atoms with Crippen LogP contribution in [0.15, 0.2) is 42.5 Å². The second kappa shape index (κ2) is 6.93. The van der Waals surface area contributed by atoms with Gasteiger partial charge in [0.05, 0.1) is 0 Å². The topological polar surface area (TPSA) is 66.6 Å². The first-order valence-corrected chi connectivity index (χ1v) is 8.15. The number of fused-ring (bicyclic) bond motifs is 1. The van der Waals surface area contributed by atoms with Crippen LogP contribution >= 0.6 is 0 Å². The van der Waals surface area contributed by atoms with E-state index in [4.69, 9.17) is 5.73 Å². The van der Waals surface area contributed by atoms with E-state index in [0.717, 1.165) is 18.7 Å². The van der Waals surface area contributed by atoms with Gasteiger partial charge in [0.25, 0.3) is 5.91 Å². The number of likely N-dealkylation sites (N-methyl/N-ethyl adjacent to an activating group) is 1. The van der Waals surface area contributed by atoms with Crippen LogP contribution in [0.5, 0.6) is 0 Å². The maximum absolute atomic E-state index is 13.2. The van der Waals surface area contributed by atoms with E-state index >= 15 is 0 Å². The molecule has 2 aromatic carbocycles. The minimum absolute atomic E-state index is 0.0357. The SMILES string of the molecule is CN1CCc2ccc(C(=O)N(CCC(N)=O)c3ccc(F)cc3)cc21. The number of carbonyl (C=O) groups excluding carboxylic acids is 2. The van der Waals surface area contributed by atoms with Crippen LogP contribution in [0.3, 0.4) is 0 Å². The number of nitrogens with two attached hydrogens (primary N) is 1. The van der Waals surface area contributed by atoms with E-state index in [0.29, 0.717) is 11.3 Å². The van der Waals surface area contributed by atoms with Gasteiger partial charge in [0.1, 0.15) is 5.82 Å². The first kappa shape index (κ1) is 17.0. The summed E-state index contributed by atoms with van der Waals surface area (Å²) in [6.07, 6.45) is 0.998. The van der Waals surface area contributed by atoms with Crippen LogP contribution in [0.2, 0.25) is 0 Å². The monoisotopic (exact) mass is 341 g/mol. The zero-order chi connectivity index (χ0) is 18.0. The summed E-state index contributed by atoms with van der Waals surface area (Å²) in [6, 6.07) is 11.2. The fourth-order valence-corrected chi connectivity index (χ4v) is 3.02. The smallest absolute Gasteiger partial charge is 0.258 e. The molecule has 0 aliphatic carbocycles. The molecule has 2 aromatic rings. The van der Waals surface area contributed by atoms with Crippen molar-refractivity contribution in [1.82, 2.24) is 0 Å². The summed E-state index contributed by atoms with van der Waals surface area (Å²) in [5.41, 5.74) is 8.54. The van der Waals surface area contributed by atoms with Crippen molar-refractivity contribution in [3.63, 3.8) is 0 Å². The third-order valence-electron chi connectivity index (χ3n) is 4.43. The number of nitrogens with zero attached hydrogens (tertiary/aromatic N) is 2. The van der Waals surface area contributed by atoms with Gasteiger partial charge < -0.3 is 15.5 Å². The third kappa shape index (κ3) is 3.63. The van der Waals surface area contributed by atoms with E-state index in [1.807, 2.05) is 19.2 Å². The van der Waals surface area contributed by atoms with Crippen molar-refractivity contribution >= 4 is 23.2 Å². The molecular formula is C19H20FN3O2. The molecule has 0 aromatic heterocycles. The van der Waals surface area contributed by atoms with Crippen LogP contribution in [0.25, 0.3) is 0 Å². The lowest BCUT2D eigenvalue weighted by Gasteiger charge is -2.23. The van der Waals surface area contributed by atoms with Crippen molar-refractivity contribution in [2.24, 2.45) is 5.73 Å². The minimum atomic E-state index is -0.492. The largest absolute Gasteiger partial charge is 0.374 e. The molecule has 0 saturated heterocycles. The molecule has 0 radical (unpaired) electrons. The van der Waals surface area contributed by atoms with Gasteiger partial charge in [0, 0.05) is 43.5 Å². The summed E-state index contributed by atoms with van der Waals surface area (Å²) in [6.45, 7) is 1.07. The Labute approximate surface area is 145 Å². The average Bonchev–Trinajstić information content (AvgIpc) is 2.97. The Morgan fingerprint density at radius 2 is 1.92 bits per heavy atom. The van der Waals surface area contributed by atoms with Crippen LogP contribution in [-0.2, 0) is 11.2 Å². The van der Waals surface area contributed by atoms with Gasteiger partial charge in [-0.2, -0.15) is 0 Å². The molecule has 0 spiro atoms. The molecule has 1 aliphatic heterocycles. The lowest BCUT2D eigenvalue weighted by molar-refractivity contribution is -0.117. The molecule has 1 aliphatic rings. The predicted molar refractivity (Wildman–Crippen MR) is 95.3 cm³/mol. The molecule has 0 bridgehead atoms. The Balaban J connectivity index is 1.92. The lowest BCUT2D eigenvalue weighted by atomic mass is 10.1. The molecule has 6 heteroatoms. The van der Waals surface area contributed by atoms with Crippen LogP contribution in [-0.4, -0.2) is 32.0 Å². The second-order valence-corrected chi connectivity index (χ2v) is 6.16. The summed E-state index contributed by atoms with van der Waals surface area (Å²) < 4.78 is 13.2. The van der Waals surface area contributed by atoms with E-state index in [2.05, 4.69) is 4.90 Å². The van der Waals surface area contributed by atoms with Gasteiger partial charge in [-0.3, -0.25) is 9.59 Å². The van der Waals surface area contributed by atoms with Crippen molar-refractivity contribution in [2.75, 3.05) is 29.9 Å². The van der Waals surface area contributed by atoms with Crippen molar-refractivity contribution in [3.05, 3.63) is 59.4 Å². The van der Waals surface area contributed by atoms with Gasteiger partial charge >= 0.3 is 0 Å². The highest BCUT2D eigenvalue weighted by Crippen LogP contribution is 2.29. The van der Waals surface area contributed by atoms with E-state index < -0.39 is 5.91 Å². The highest BCUT2D eigenvalue weighted by Gasteiger charge is 2.22. The first-order valence-electron chi connectivity index (χ1n) is 8.15. The van der Waals surface area contributed by atoms with E-state index in [1.165, 1.54) is 34.7 Å². The number of anilines is 2. The van der Waals surface area contributed by atoms with Crippen molar-refractivity contribution < 1.29 is 14.0 Å². The predicted octanol–water partition coefficient (Wildman–Crippen LogP) is 2.34. The van der Waals surface area contributed by atoms with Gasteiger partial charge in [-0.05, 0) is 48.4 Å².